The highest BCUT2D eigenvalue weighted by Crippen LogP contribution is 2.31. The highest BCUT2D eigenvalue weighted by Gasteiger charge is 2.33. The molecule has 0 aliphatic heterocycles. The second kappa shape index (κ2) is 6.13. The molecule has 0 atom stereocenters. The van der Waals surface area contributed by atoms with Gasteiger partial charge in [-0.15, -0.1) is 11.3 Å². The Bertz CT molecular complexity index is 569. The predicted molar refractivity (Wildman–Crippen MR) is 72.3 cm³/mol. The summed E-state index contributed by atoms with van der Waals surface area (Å²) >= 11 is 0.948. The number of rotatable bonds is 5. The highest BCUT2D eigenvalue weighted by atomic mass is 32.1. The molecule has 0 saturated heterocycles. The van der Waals surface area contributed by atoms with E-state index in [2.05, 4.69) is 10.3 Å². The Balaban J connectivity index is 1.91. The van der Waals surface area contributed by atoms with Gasteiger partial charge >= 0.3 is 6.18 Å². The van der Waals surface area contributed by atoms with Gasteiger partial charge in [-0.3, -0.25) is 0 Å². The second-order valence-electron chi connectivity index (χ2n) is 4.02. The van der Waals surface area contributed by atoms with Gasteiger partial charge in [-0.05, 0) is 18.1 Å². The summed E-state index contributed by atoms with van der Waals surface area (Å²) in [5.41, 5.74) is 0.136. The van der Waals surface area contributed by atoms with Crippen LogP contribution in [0.5, 0.6) is 5.75 Å². The number of nitrogens with zero attached hydrogens (tertiary/aromatic N) is 1. The first-order chi connectivity index (χ1) is 9.50. The fourth-order valence-corrected chi connectivity index (χ4v) is 2.44. The number of para-hydroxylation sites is 1. The van der Waals surface area contributed by atoms with Gasteiger partial charge in [0.15, 0.2) is 10.8 Å². The third kappa shape index (κ3) is 3.63. The van der Waals surface area contributed by atoms with E-state index in [1.165, 1.54) is 0 Å². The average molecular weight is 302 g/mol. The summed E-state index contributed by atoms with van der Waals surface area (Å²) in [6.07, 6.45) is -3.75. The molecular weight excluding hydrogens is 289 g/mol. The minimum absolute atomic E-state index is 0.271. The normalized spacial score (nSPS) is 11.4. The van der Waals surface area contributed by atoms with E-state index in [4.69, 9.17) is 4.74 Å². The van der Waals surface area contributed by atoms with Crippen LogP contribution in [0, 0.1) is 0 Å². The maximum Gasteiger partial charge on any atom is 0.434 e. The van der Waals surface area contributed by atoms with Crippen LogP contribution in [0.25, 0.3) is 0 Å². The Morgan fingerprint density at radius 2 is 2.05 bits per heavy atom. The Morgan fingerprint density at radius 3 is 2.70 bits per heavy atom. The van der Waals surface area contributed by atoms with Crippen LogP contribution in [0.3, 0.4) is 0 Å². The van der Waals surface area contributed by atoms with Crippen molar-refractivity contribution in [1.29, 1.82) is 0 Å². The number of anilines is 1. The van der Waals surface area contributed by atoms with Crippen molar-refractivity contribution in [2.24, 2.45) is 0 Å². The maximum absolute atomic E-state index is 12.4. The summed E-state index contributed by atoms with van der Waals surface area (Å²) in [6, 6.07) is 7.53. The molecule has 1 heterocycles. The number of hydrogen-bond donors (Lipinski definition) is 1. The monoisotopic (exact) mass is 302 g/mol. The molecule has 1 aromatic carbocycles. The molecule has 108 valence electrons. The van der Waals surface area contributed by atoms with Crippen LogP contribution in [0.4, 0.5) is 18.3 Å². The predicted octanol–water partition coefficient (Wildman–Crippen LogP) is 3.83. The van der Waals surface area contributed by atoms with Crippen LogP contribution in [0.15, 0.2) is 29.6 Å². The summed E-state index contributed by atoms with van der Waals surface area (Å²) in [6.45, 7) is 0.491. The molecular formula is C13H13F3N2OS. The van der Waals surface area contributed by atoms with Gasteiger partial charge in [-0.25, -0.2) is 4.98 Å². The van der Waals surface area contributed by atoms with E-state index in [1.54, 1.807) is 7.11 Å². The molecule has 2 rings (SSSR count). The summed E-state index contributed by atoms with van der Waals surface area (Å²) < 4.78 is 42.4. The number of aromatic nitrogens is 1. The molecule has 0 fully saturated rings. The average Bonchev–Trinajstić information content (AvgIpc) is 2.88. The molecule has 1 N–H and O–H groups in total. The van der Waals surface area contributed by atoms with Crippen molar-refractivity contribution in [2.45, 2.75) is 12.6 Å². The number of methoxy groups -OCH3 is 1. The fraction of sp³-hybridized carbons (Fsp3) is 0.308. The van der Waals surface area contributed by atoms with Gasteiger partial charge in [0, 0.05) is 11.9 Å². The Kier molecular flexibility index (Phi) is 4.49. The van der Waals surface area contributed by atoms with Gasteiger partial charge in [0.05, 0.1) is 7.11 Å². The highest BCUT2D eigenvalue weighted by molar-refractivity contribution is 7.13. The van der Waals surface area contributed by atoms with Crippen molar-refractivity contribution in [1.82, 2.24) is 4.98 Å². The number of ether oxygens (including phenoxy) is 1. The summed E-state index contributed by atoms with van der Waals surface area (Å²) in [4.78, 5) is 3.51. The molecule has 0 radical (unpaired) electrons. The minimum atomic E-state index is -4.39. The van der Waals surface area contributed by atoms with Crippen LogP contribution in [0.1, 0.15) is 11.3 Å². The zero-order chi connectivity index (χ0) is 14.6. The largest absolute Gasteiger partial charge is 0.496 e. The third-order valence-electron chi connectivity index (χ3n) is 2.66. The number of nitrogens with one attached hydrogen (secondary N) is 1. The molecule has 0 aliphatic carbocycles. The summed E-state index contributed by atoms with van der Waals surface area (Å²) in [7, 11) is 1.59. The van der Waals surface area contributed by atoms with E-state index in [0.717, 1.165) is 28.0 Å². The molecule has 2 aromatic rings. The second-order valence-corrected chi connectivity index (χ2v) is 4.88. The van der Waals surface area contributed by atoms with Gasteiger partial charge in [0.2, 0.25) is 0 Å². The molecule has 1 aromatic heterocycles. The van der Waals surface area contributed by atoms with E-state index in [0.29, 0.717) is 13.0 Å². The van der Waals surface area contributed by atoms with Crippen molar-refractivity contribution in [2.75, 3.05) is 19.0 Å². The minimum Gasteiger partial charge on any atom is -0.496 e. The third-order valence-corrected chi connectivity index (χ3v) is 3.46. The molecule has 0 unspecified atom stereocenters. The topological polar surface area (TPSA) is 34.1 Å². The van der Waals surface area contributed by atoms with Crippen LogP contribution >= 0.6 is 11.3 Å². The van der Waals surface area contributed by atoms with Crippen LogP contribution in [-0.4, -0.2) is 18.6 Å². The number of hydrogen-bond acceptors (Lipinski definition) is 4. The first-order valence-electron chi connectivity index (χ1n) is 5.89. The van der Waals surface area contributed by atoms with Crippen molar-refractivity contribution in [3.63, 3.8) is 0 Å². The van der Waals surface area contributed by atoms with E-state index < -0.39 is 11.9 Å². The van der Waals surface area contributed by atoms with E-state index in [-0.39, 0.29) is 5.13 Å². The Morgan fingerprint density at radius 1 is 1.30 bits per heavy atom. The number of alkyl halides is 3. The maximum atomic E-state index is 12.4. The smallest absolute Gasteiger partial charge is 0.434 e. The molecule has 7 heteroatoms. The summed E-state index contributed by atoms with van der Waals surface area (Å²) in [5, 5.41) is 4.16. The number of halogens is 3. The first-order valence-corrected chi connectivity index (χ1v) is 6.77. The van der Waals surface area contributed by atoms with E-state index in [1.807, 2.05) is 24.3 Å². The molecule has 20 heavy (non-hydrogen) atoms. The lowest BCUT2D eigenvalue weighted by molar-refractivity contribution is -0.140. The quantitative estimate of drug-likeness (QED) is 0.911. The van der Waals surface area contributed by atoms with Crippen LogP contribution < -0.4 is 10.1 Å². The number of benzene rings is 1. The van der Waals surface area contributed by atoms with Crippen molar-refractivity contribution >= 4 is 16.5 Å². The Labute approximate surface area is 118 Å². The first kappa shape index (κ1) is 14.6. The van der Waals surface area contributed by atoms with Gasteiger partial charge in [0.25, 0.3) is 0 Å². The lowest BCUT2D eigenvalue weighted by atomic mass is 10.1. The van der Waals surface area contributed by atoms with Gasteiger partial charge in [-0.1, -0.05) is 18.2 Å². The fourth-order valence-electron chi connectivity index (χ4n) is 1.70. The van der Waals surface area contributed by atoms with E-state index >= 15 is 0 Å². The van der Waals surface area contributed by atoms with E-state index in [9.17, 15) is 13.2 Å². The van der Waals surface area contributed by atoms with Gasteiger partial charge in [0.1, 0.15) is 5.75 Å². The van der Waals surface area contributed by atoms with Crippen molar-refractivity contribution < 1.29 is 17.9 Å². The van der Waals surface area contributed by atoms with Crippen LogP contribution in [0.2, 0.25) is 0 Å². The molecule has 0 bridgehead atoms. The lowest BCUT2D eigenvalue weighted by Gasteiger charge is -2.08. The molecule has 3 nitrogen and oxygen atoms in total. The molecule has 0 saturated carbocycles. The number of thiazole rings is 1. The molecule has 0 aliphatic rings. The molecule has 0 spiro atoms. The van der Waals surface area contributed by atoms with Crippen molar-refractivity contribution in [3.05, 3.63) is 40.9 Å². The van der Waals surface area contributed by atoms with Gasteiger partial charge < -0.3 is 10.1 Å². The Hall–Kier alpha value is -1.76. The lowest BCUT2D eigenvalue weighted by Crippen LogP contribution is -2.08. The summed E-state index contributed by atoms with van der Waals surface area (Å²) in [5.74, 6) is 0.768. The zero-order valence-electron chi connectivity index (χ0n) is 10.7. The molecule has 0 amide bonds. The SMILES string of the molecule is COc1ccccc1CCNc1nc(C(F)(F)F)cs1. The zero-order valence-corrected chi connectivity index (χ0v) is 11.5. The van der Waals surface area contributed by atoms with Crippen molar-refractivity contribution in [3.8, 4) is 5.75 Å². The standard InChI is InChI=1S/C13H13F3N2OS/c1-19-10-5-3-2-4-9(10)6-7-17-12-18-11(8-20-12)13(14,15)16/h2-5,8H,6-7H2,1H3,(H,17,18). The van der Waals surface area contributed by atoms with Crippen LogP contribution in [-0.2, 0) is 12.6 Å². The van der Waals surface area contributed by atoms with Gasteiger partial charge in [-0.2, -0.15) is 13.2 Å².